The van der Waals surface area contributed by atoms with Gasteiger partial charge in [-0.2, -0.15) is 0 Å². The van der Waals surface area contributed by atoms with Crippen LogP contribution in [0.25, 0.3) is 6.08 Å². The van der Waals surface area contributed by atoms with Crippen molar-refractivity contribution < 1.29 is 19.4 Å². The molecule has 2 aromatic rings. The molecule has 0 spiro atoms. The first kappa shape index (κ1) is 16.5. The van der Waals surface area contributed by atoms with Crippen molar-refractivity contribution in [3.05, 3.63) is 59.9 Å². The molecule has 120 valence electrons. The Labute approximate surface area is 135 Å². The van der Waals surface area contributed by atoms with Crippen molar-refractivity contribution in [2.75, 3.05) is 6.61 Å². The van der Waals surface area contributed by atoms with Gasteiger partial charge in [-0.05, 0) is 30.7 Å². The molecule has 0 bridgehead atoms. The van der Waals surface area contributed by atoms with Gasteiger partial charge in [-0.1, -0.05) is 13.0 Å². The van der Waals surface area contributed by atoms with Crippen LogP contribution in [0.4, 0.5) is 0 Å². The van der Waals surface area contributed by atoms with Crippen LogP contribution < -0.4 is 9.47 Å². The summed E-state index contributed by atoms with van der Waals surface area (Å²) in [4.78, 5) is 14.8. The smallest absolute Gasteiger partial charge is 0.328 e. The zero-order valence-electron chi connectivity index (χ0n) is 12.9. The zero-order chi connectivity index (χ0) is 16.5. The lowest BCUT2D eigenvalue weighted by atomic mass is 10.1. The lowest BCUT2D eigenvalue weighted by Crippen LogP contribution is -2.00. The van der Waals surface area contributed by atoms with Gasteiger partial charge >= 0.3 is 5.97 Å². The first-order chi connectivity index (χ1) is 11.2. The highest BCUT2D eigenvalue weighted by molar-refractivity contribution is 5.86. The molecule has 0 radical (unpaired) electrons. The monoisotopic (exact) mass is 313 g/mol. The minimum absolute atomic E-state index is 0.346. The topological polar surface area (TPSA) is 68.7 Å². The second-order valence-electron chi connectivity index (χ2n) is 4.87. The molecule has 0 amide bonds. The van der Waals surface area contributed by atoms with E-state index in [9.17, 15) is 4.79 Å². The lowest BCUT2D eigenvalue weighted by molar-refractivity contribution is -0.131. The molecule has 1 N–H and O–H groups in total. The van der Waals surface area contributed by atoms with E-state index >= 15 is 0 Å². The molecule has 5 nitrogen and oxygen atoms in total. The number of hydrogen-bond acceptors (Lipinski definition) is 4. The van der Waals surface area contributed by atoms with E-state index in [0.717, 1.165) is 18.1 Å². The summed E-state index contributed by atoms with van der Waals surface area (Å²) in [5.41, 5.74) is 1.61. The fourth-order valence-electron chi connectivity index (χ4n) is 1.89. The summed E-state index contributed by atoms with van der Waals surface area (Å²) in [5.74, 6) is 0.259. The van der Waals surface area contributed by atoms with Crippen molar-refractivity contribution in [2.24, 2.45) is 0 Å². The Hall–Kier alpha value is -2.82. The van der Waals surface area contributed by atoms with Gasteiger partial charge in [-0.25, -0.2) is 4.79 Å². The normalized spacial score (nSPS) is 10.7. The van der Waals surface area contributed by atoms with Crippen molar-refractivity contribution in [2.45, 2.75) is 20.0 Å². The maximum Gasteiger partial charge on any atom is 0.328 e. The molecule has 2 rings (SSSR count). The molecular weight excluding hydrogens is 294 g/mol. The van der Waals surface area contributed by atoms with Gasteiger partial charge in [0.1, 0.15) is 18.1 Å². The van der Waals surface area contributed by atoms with E-state index in [4.69, 9.17) is 14.6 Å². The van der Waals surface area contributed by atoms with Crippen LogP contribution in [-0.4, -0.2) is 22.7 Å². The summed E-state index contributed by atoms with van der Waals surface area (Å²) in [6, 6.07) is 9.10. The largest absolute Gasteiger partial charge is 0.493 e. The van der Waals surface area contributed by atoms with Crippen LogP contribution in [0.5, 0.6) is 11.5 Å². The molecule has 0 unspecified atom stereocenters. The molecule has 1 aromatic heterocycles. The second-order valence-corrected chi connectivity index (χ2v) is 4.87. The molecule has 0 aliphatic heterocycles. The van der Waals surface area contributed by atoms with Gasteiger partial charge in [0.15, 0.2) is 0 Å². The molecule has 0 aliphatic rings. The highest BCUT2D eigenvalue weighted by Crippen LogP contribution is 2.27. The minimum atomic E-state index is -1.01. The van der Waals surface area contributed by atoms with E-state index in [1.165, 1.54) is 6.08 Å². The van der Waals surface area contributed by atoms with E-state index < -0.39 is 5.97 Å². The molecule has 23 heavy (non-hydrogen) atoms. The summed E-state index contributed by atoms with van der Waals surface area (Å²) in [7, 11) is 0. The Morgan fingerprint density at radius 3 is 2.87 bits per heavy atom. The number of carboxylic acids is 1. The molecule has 0 aliphatic carbocycles. The first-order valence-corrected chi connectivity index (χ1v) is 7.38. The number of aliphatic carboxylic acids is 1. The average molecular weight is 313 g/mol. The lowest BCUT2D eigenvalue weighted by Gasteiger charge is -2.12. The number of pyridine rings is 1. The Balaban J connectivity index is 2.18. The van der Waals surface area contributed by atoms with Gasteiger partial charge in [0.2, 0.25) is 0 Å². The van der Waals surface area contributed by atoms with Gasteiger partial charge in [0.05, 0.1) is 6.61 Å². The van der Waals surface area contributed by atoms with Crippen LogP contribution in [-0.2, 0) is 11.4 Å². The summed E-state index contributed by atoms with van der Waals surface area (Å²) in [5, 5.41) is 8.78. The second kappa shape index (κ2) is 8.58. The third-order valence-corrected chi connectivity index (χ3v) is 2.98. The minimum Gasteiger partial charge on any atom is -0.493 e. The van der Waals surface area contributed by atoms with Crippen LogP contribution in [0.1, 0.15) is 24.5 Å². The Bertz CT molecular complexity index is 668. The van der Waals surface area contributed by atoms with E-state index in [1.54, 1.807) is 30.6 Å². The van der Waals surface area contributed by atoms with E-state index in [-0.39, 0.29) is 0 Å². The molecule has 1 aromatic carbocycles. The average Bonchev–Trinajstić information content (AvgIpc) is 2.57. The highest BCUT2D eigenvalue weighted by atomic mass is 16.5. The third kappa shape index (κ3) is 5.47. The summed E-state index contributed by atoms with van der Waals surface area (Å²) in [6.45, 7) is 3.00. The van der Waals surface area contributed by atoms with Crippen molar-refractivity contribution in [1.82, 2.24) is 4.98 Å². The molecule has 1 heterocycles. The number of benzene rings is 1. The summed E-state index contributed by atoms with van der Waals surface area (Å²) < 4.78 is 11.4. The molecular formula is C18H19NO4. The van der Waals surface area contributed by atoms with Gasteiger partial charge in [-0.3, -0.25) is 4.98 Å². The number of nitrogens with zero attached hydrogens (tertiary/aromatic N) is 1. The van der Waals surface area contributed by atoms with E-state index in [0.29, 0.717) is 30.3 Å². The summed E-state index contributed by atoms with van der Waals surface area (Å²) >= 11 is 0. The van der Waals surface area contributed by atoms with Crippen molar-refractivity contribution >= 4 is 12.0 Å². The summed E-state index contributed by atoms with van der Waals surface area (Å²) in [6.07, 6.45) is 6.92. The van der Waals surface area contributed by atoms with E-state index in [2.05, 4.69) is 4.98 Å². The number of rotatable bonds is 8. The van der Waals surface area contributed by atoms with Crippen molar-refractivity contribution in [1.29, 1.82) is 0 Å². The standard InChI is InChI=1S/C18H19NO4/c1-2-10-22-16-7-5-15(6-8-18(20)21)17(11-16)23-13-14-4-3-9-19-12-14/h3-9,11-12H,2,10,13H2,1H3,(H,20,21)/b8-6+. The molecule has 0 fully saturated rings. The quantitative estimate of drug-likeness (QED) is 0.755. The van der Waals surface area contributed by atoms with Crippen LogP contribution in [0.15, 0.2) is 48.8 Å². The molecule has 0 saturated carbocycles. The van der Waals surface area contributed by atoms with Crippen molar-refractivity contribution in [3.8, 4) is 11.5 Å². The zero-order valence-corrected chi connectivity index (χ0v) is 12.9. The highest BCUT2D eigenvalue weighted by Gasteiger charge is 2.06. The molecule has 0 saturated heterocycles. The Morgan fingerprint density at radius 2 is 2.17 bits per heavy atom. The molecule has 5 heteroatoms. The van der Waals surface area contributed by atoms with Gasteiger partial charge in [0, 0.05) is 35.7 Å². The van der Waals surface area contributed by atoms with Crippen LogP contribution in [0.2, 0.25) is 0 Å². The van der Waals surface area contributed by atoms with Gasteiger partial charge in [0.25, 0.3) is 0 Å². The number of hydrogen-bond donors (Lipinski definition) is 1. The van der Waals surface area contributed by atoms with Crippen LogP contribution >= 0.6 is 0 Å². The Kier molecular flexibility index (Phi) is 6.17. The maximum absolute atomic E-state index is 10.7. The Morgan fingerprint density at radius 1 is 1.30 bits per heavy atom. The third-order valence-electron chi connectivity index (χ3n) is 2.98. The SMILES string of the molecule is CCCOc1ccc(/C=C/C(=O)O)c(OCc2cccnc2)c1. The predicted molar refractivity (Wildman–Crippen MR) is 87.5 cm³/mol. The maximum atomic E-state index is 10.7. The van der Waals surface area contributed by atoms with E-state index in [1.807, 2.05) is 19.1 Å². The van der Waals surface area contributed by atoms with Gasteiger partial charge in [-0.15, -0.1) is 0 Å². The first-order valence-electron chi connectivity index (χ1n) is 7.38. The fraction of sp³-hybridized carbons (Fsp3) is 0.222. The number of carboxylic acid groups (broad SMARTS) is 1. The number of carbonyl (C=O) groups is 1. The number of aromatic nitrogens is 1. The van der Waals surface area contributed by atoms with Gasteiger partial charge < -0.3 is 14.6 Å². The predicted octanol–water partition coefficient (Wildman–Crippen LogP) is 3.55. The number of ether oxygens (including phenoxy) is 2. The van der Waals surface area contributed by atoms with Crippen molar-refractivity contribution in [3.63, 3.8) is 0 Å². The fourth-order valence-corrected chi connectivity index (χ4v) is 1.89. The van der Waals surface area contributed by atoms with Crippen LogP contribution in [0.3, 0.4) is 0 Å². The van der Waals surface area contributed by atoms with Crippen LogP contribution in [0, 0.1) is 0 Å². The molecule has 0 atom stereocenters.